The highest BCUT2D eigenvalue weighted by Gasteiger charge is 2.77. The Hall–Kier alpha value is -3.36. The molecule has 8 heteroatoms. The Balaban J connectivity index is 1.65. The molecule has 0 aliphatic carbocycles. The van der Waals surface area contributed by atoms with Crippen LogP contribution < -0.4 is 4.90 Å². The summed E-state index contributed by atoms with van der Waals surface area (Å²) in [5.74, 6) is -1.74. The van der Waals surface area contributed by atoms with E-state index < -0.39 is 28.7 Å². The Morgan fingerprint density at radius 2 is 1.70 bits per heavy atom. The lowest BCUT2D eigenvalue weighted by atomic mass is 9.65. The number of aliphatic hydroxyl groups is 1. The molecule has 2 aromatic carbocycles. The van der Waals surface area contributed by atoms with Gasteiger partial charge in [0.25, 0.3) is 0 Å². The van der Waals surface area contributed by atoms with Gasteiger partial charge in [-0.05, 0) is 43.4 Å². The van der Waals surface area contributed by atoms with Crippen molar-refractivity contribution in [2.45, 2.75) is 68.2 Å². The van der Waals surface area contributed by atoms with Crippen molar-refractivity contribution in [3.63, 3.8) is 0 Å². The zero-order valence-corrected chi connectivity index (χ0v) is 26.9. The molecule has 8 atom stereocenters. The van der Waals surface area contributed by atoms with Crippen molar-refractivity contribution in [1.82, 2.24) is 9.80 Å². The monoisotopic (exact) mass is 615 g/mol. The normalized spacial score (nSPS) is 28.3. The fourth-order valence-corrected chi connectivity index (χ4v) is 10.4. The number of benzene rings is 2. The summed E-state index contributed by atoms with van der Waals surface area (Å²) in [6.07, 6.45) is 5.91. The molecule has 234 valence electrons. The summed E-state index contributed by atoms with van der Waals surface area (Å²) in [7, 11) is 0. The molecule has 1 N–H and O–H groups in total. The molecule has 3 fully saturated rings. The fraction of sp³-hybridized carbons (Fsp3) is 0.472. The van der Waals surface area contributed by atoms with Gasteiger partial charge in [-0.25, -0.2) is 0 Å². The summed E-state index contributed by atoms with van der Waals surface area (Å²) in [5, 5.41) is 10.8. The number of hydrogen-bond donors (Lipinski definition) is 1. The lowest BCUT2D eigenvalue weighted by Gasteiger charge is -2.43. The molecule has 2 aromatic rings. The van der Waals surface area contributed by atoms with Crippen molar-refractivity contribution in [2.24, 2.45) is 17.8 Å². The zero-order valence-electron chi connectivity index (χ0n) is 26.0. The van der Waals surface area contributed by atoms with Gasteiger partial charge in [0.15, 0.2) is 0 Å². The topological polar surface area (TPSA) is 81.2 Å². The van der Waals surface area contributed by atoms with Crippen molar-refractivity contribution >= 4 is 35.2 Å². The number of carbonyl (C=O) groups excluding carboxylic acids is 3. The summed E-state index contributed by atoms with van der Waals surface area (Å²) in [6, 6.07) is 17.3. The summed E-state index contributed by atoms with van der Waals surface area (Å²) < 4.78 is -0.802. The van der Waals surface area contributed by atoms with E-state index in [1.807, 2.05) is 72.5 Å². The van der Waals surface area contributed by atoms with E-state index in [0.717, 1.165) is 30.5 Å². The third-order valence-electron chi connectivity index (χ3n) is 9.89. The number of nitrogens with zero attached hydrogens (tertiary/aromatic N) is 3. The quantitative estimate of drug-likeness (QED) is 0.302. The number of carbonyl (C=O) groups is 3. The second kappa shape index (κ2) is 13.3. The van der Waals surface area contributed by atoms with Crippen LogP contribution in [0.1, 0.15) is 51.6 Å². The van der Waals surface area contributed by atoms with Gasteiger partial charge in [0.1, 0.15) is 6.04 Å². The third kappa shape index (κ3) is 5.20. The highest BCUT2D eigenvalue weighted by Crippen LogP contribution is 2.69. The minimum absolute atomic E-state index is 0.0150. The van der Waals surface area contributed by atoms with E-state index in [9.17, 15) is 19.5 Å². The molecule has 3 aliphatic heterocycles. The van der Waals surface area contributed by atoms with Gasteiger partial charge in [-0.3, -0.25) is 14.4 Å². The molecule has 7 nitrogen and oxygen atoms in total. The number of likely N-dealkylation sites (tertiary alicyclic amines) is 1. The van der Waals surface area contributed by atoms with Crippen molar-refractivity contribution in [3.05, 3.63) is 91.5 Å². The molecule has 5 rings (SSSR count). The van der Waals surface area contributed by atoms with E-state index in [2.05, 4.69) is 27.0 Å². The third-order valence-corrected chi connectivity index (χ3v) is 12.0. The smallest absolute Gasteiger partial charge is 0.247 e. The Kier molecular flexibility index (Phi) is 9.71. The Labute approximate surface area is 266 Å². The predicted octanol–water partition coefficient (Wildman–Crippen LogP) is 5.48. The molecular weight excluding hydrogens is 570 g/mol. The SMILES string of the molecule is C=CCN(C(=O)[C@@H]1[C@H]2C(=O)N([C@H](CO)c3ccccc3)C(C(=O)N(CC=C)C(C)CCC)C23S[C@@H]1CC3C)c1ccccc1. The van der Waals surface area contributed by atoms with E-state index >= 15 is 0 Å². The summed E-state index contributed by atoms with van der Waals surface area (Å²) in [5.41, 5.74) is 1.52. The number of aliphatic hydroxyl groups excluding tert-OH is 1. The molecule has 0 radical (unpaired) electrons. The van der Waals surface area contributed by atoms with Crippen LogP contribution in [0, 0.1) is 17.8 Å². The number of hydrogen-bond acceptors (Lipinski definition) is 5. The average molecular weight is 616 g/mol. The van der Waals surface area contributed by atoms with Crippen molar-refractivity contribution < 1.29 is 19.5 Å². The maximum absolute atomic E-state index is 14.9. The van der Waals surface area contributed by atoms with Crippen LogP contribution in [-0.2, 0) is 14.4 Å². The summed E-state index contributed by atoms with van der Waals surface area (Å²) >= 11 is 1.66. The van der Waals surface area contributed by atoms with Gasteiger partial charge < -0.3 is 19.8 Å². The minimum Gasteiger partial charge on any atom is -0.394 e. The molecule has 0 aromatic heterocycles. The highest BCUT2D eigenvalue weighted by molar-refractivity contribution is 8.02. The van der Waals surface area contributed by atoms with Crippen LogP contribution >= 0.6 is 11.8 Å². The predicted molar refractivity (Wildman–Crippen MR) is 177 cm³/mol. The number of amides is 3. The second-order valence-electron chi connectivity index (χ2n) is 12.4. The second-order valence-corrected chi connectivity index (χ2v) is 13.9. The zero-order chi connectivity index (χ0) is 31.6. The molecule has 3 amide bonds. The Morgan fingerprint density at radius 1 is 1.07 bits per heavy atom. The fourth-order valence-electron chi connectivity index (χ4n) is 7.98. The Morgan fingerprint density at radius 3 is 2.30 bits per heavy atom. The number of thioether (sulfide) groups is 1. The molecule has 44 heavy (non-hydrogen) atoms. The van der Waals surface area contributed by atoms with E-state index in [4.69, 9.17) is 0 Å². The first-order valence-corrected chi connectivity index (χ1v) is 16.7. The molecule has 0 saturated carbocycles. The first-order valence-electron chi connectivity index (χ1n) is 15.8. The van der Waals surface area contributed by atoms with E-state index in [-0.39, 0.29) is 41.5 Å². The van der Waals surface area contributed by atoms with Gasteiger partial charge in [-0.15, -0.1) is 24.9 Å². The van der Waals surface area contributed by atoms with Crippen molar-refractivity contribution in [2.75, 3.05) is 24.6 Å². The Bertz CT molecular complexity index is 1370. The largest absolute Gasteiger partial charge is 0.394 e. The minimum atomic E-state index is -0.830. The van der Waals surface area contributed by atoms with Crippen LogP contribution in [0.5, 0.6) is 0 Å². The van der Waals surface area contributed by atoms with Crippen LogP contribution in [0.2, 0.25) is 0 Å². The van der Waals surface area contributed by atoms with Crippen LogP contribution in [0.4, 0.5) is 5.69 Å². The van der Waals surface area contributed by atoms with Gasteiger partial charge >= 0.3 is 0 Å². The maximum Gasteiger partial charge on any atom is 0.247 e. The first kappa shape index (κ1) is 32.0. The maximum atomic E-state index is 14.9. The van der Waals surface area contributed by atoms with Gasteiger partial charge in [0.05, 0.1) is 29.2 Å². The number of fused-ring (bicyclic) bond motifs is 1. The number of para-hydroxylation sites is 1. The van der Waals surface area contributed by atoms with Crippen LogP contribution in [0.3, 0.4) is 0 Å². The van der Waals surface area contributed by atoms with Gasteiger partial charge in [-0.2, -0.15) is 0 Å². The van der Waals surface area contributed by atoms with Gasteiger partial charge in [-0.1, -0.05) is 81.0 Å². The molecular formula is C36H45N3O4S. The van der Waals surface area contributed by atoms with Crippen LogP contribution in [0.15, 0.2) is 86.0 Å². The summed E-state index contributed by atoms with van der Waals surface area (Å²) in [4.78, 5) is 49.7. The molecule has 2 bridgehead atoms. The average Bonchev–Trinajstić information content (AvgIpc) is 3.63. The van der Waals surface area contributed by atoms with Crippen molar-refractivity contribution in [1.29, 1.82) is 0 Å². The van der Waals surface area contributed by atoms with E-state index in [0.29, 0.717) is 13.1 Å². The lowest BCUT2D eigenvalue weighted by molar-refractivity contribution is -0.147. The van der Waals surface area contributed by atoms with Crippen molar-refractivity contribution in [3.8, 4) is 0 Å². The number of rotatable bonds is 13. The highest BCUT2D eigenvalue weighted by atomic mass is 32.2. The van der Waals surface area contributed by atoms with Gasteiger partial charge in [0, 0.05) is 30.1 Å². The van der Waals surface area contributed by atoms with E-state index in [1.165, 1.54) is 0 Å². The molecule has 3 aliphatic rings. The van der Waals surface area contributed by atoms with Crippen LogP contribution in [0.25, 0.3) is 0 Å². The number of anilines is 1. The molecule has 3 saturated heterocycles. The summed E-state index contributed by atoms with van der Waals surface area (Å²) in [6.45, 7) is 14.4. The molecule has 3 heterocycles. The van der Waals surface area contributed by atoms with Crippen LogP contribution in [-0.4, -0.2) is 74.4 Å². The molecule has 4 unspecified atom stereocenters. The van der Waals surface area contributed by atoms with E-state index in [1.54, 1.807) is 33.7 Å². The van der Waals surface area contributed by atoms with Gasteiger partial charge in [0.2, 0.25) is 17.7 Å². The standard InChI is InChI=1S/C36H45N3O4S/c1-6-15-25(5)37(20-7-2)35(43)32-36-24(4)22-29(44-36)30(33(41)38(21-8-3)27-18-13-10-14-19-27)31(36)34(42)39(32)28(23-40)26-16-11-9-12-17-26/h7-14,16-19,24-25,28-32,40H,2-3,6,15,20-23H2,1,4-5H3/t24?,25?,28-,29-,30+,31+,32?,36?/m1/s1. The first-order chi connectivity index (χ1) is 21.3. The molecule has 1 spiro atoms. The lowest BCUT2D eigenvalue weighted by Crippen LogP contribution is -2.59.